The smallest absolute Gasteiger partial charge is 0.407 e. The van der Waals surface area contributed by atoms with E-state index >= 15 is 0 Å². The fourth-order valence-electron chi connectivity index (χ4n) is 1.55. The van der Waals surface area contributed by atoms with Gasteiger partial charge in [0.25, 0.3) is 0 Å². The highest BCUT2D eigenvalue weighted by Crippen LogP contribution is 2.00. The average Bonchev–Trinajstić information content (AvgIpc) is 2.39. The van der Waals surface area contributed by atoms with E-state index in [1.807, 2.05) is 0 Å². The highest BCUT2D eigenvalue weighted by molar-refractivity contribution is 5.73. The van der Waals surface area contributed by atoms with Crippen LogP contribution in [0.2, 0.25) is 0 Å². The maximum absolute atomic E-state index is 11.3. The van der Waals surface area contributed by atoms with E-state index in [1.165, 1.54) is 11.2 Å². The molecule has 122 valence electrons. The minimum Gasteiger partial charge on any atom is -0.480 e. The lowest BCUT2D eigenvalue weighted by molar-refractivity contribution is -0.139. The van der Waals surface area contributed by atoms with Crippen molar-refractivity contribution in [1.29, 1.82) is 0 Å². The third kappa shape index (κ3) is 10.4. The number of nitrogens with one attached hydrogen (secondary N) is 2. The molecular formula is C12H25N5O4. The Labute approximate surface area is 124 Å². The molecule has 9 heteroatoms. The highest BCUT2D eigenvalue weighted by atomic mass is 16.5. The zero-order valence-electron chi connectivity index (χ0n) is 12.5. The third-order valence-corrected chi connectivity index (χ3v) is 2.57. The number of carboxylic acid groups (broad SMARTS) is 1. The monoisotopic (exact) mass is 303 g/mol. The number of nitrogens with zero attached hydrogens (tertiary/aromatic N) is 1. The number of alkyl carbamates (subject to hydrolysis) is 1. The van der Waals surface area contributed by atoms with Gasteiger partial charge in [-0.15, -0.1) is 0 Å². The first-order chi connectivity index (χ1) is 9.86. The number of unbranched alkanes of at least 4 members (excludes halogenated alkanes) is 1. The molecule has 0 bridgehead atoms. The number of nitrogens with two attached hydrogens (primary N) is 2. The Kier molecular flexibility index (Phi) is 9.72. The van der Waals surface area contributed by atoms with Crippen molar-refractivity contribution in [3.8, 4) is 0 Å². The van der Waals surface area contributed by atoms with Gasteiger partial charge in [-0.2, -0.15) is 0 Å². The van der Waals surface area contributed by atoms with Crippen LogP contribution in [0.1, 0.15) is 19.3 Å². The Hall–Kier alpha value is -2.00. The van der Waals surface area contributed by atoms with E-state index in [-0.39, 0.29) is 6.61 Å². The summed E-state index contributed by atoms with van der Waals surface area (Å²) in [6.07, 6.45) is 2.71. The summed E-state index contributed by atoms with van der Waals surface area (Å²) in [6.45, 7) is 0.365. The summed E-state index contributed by atoms with van der Waals surface area (Å²) in [6, 6.07) is -0.560. The number of carbonyl (C=O) groups excluding carboxylic acids is 1. The summed E-state index contributed by atoms with van der Waals surface area (Å²) >= 11 is 0. The predicted octanol–water partition coefficient (Wildman–Crippen LogP) is -0.839. The number of hydrazine groups is 1. The molecular weight excluding hydrogens is 278 g/mol. The van der Waals surface area contributed by atoms with Gasteiger partial charge in [0.1, 0.15) is 12.6 Å². The number of hydrogen-bond donors (Lipinski definition) is 5. The molecule has 1 amide bonds. The van der Waals surface area contributed by atoms with E-state index in [1.54, 1.807) is 14.1 Å². The second-order valence-electron chi connectivity index (χ2n) is 4.55. The molecule has 0 radical (unpaired) electrons. The number of aliphatic carboxylic acids is 1. The lowest BCUT2D eigenvalue weighted by Crippen LogP contribution is -2.34. The van der Waals surface area contributed by atoms with Gasteiger partial charge < -0.3 is 31.2 Å². The summed E-state index contributed by atoms with van der Waals surface area (Å²) in [5, 5.41) is 15.3. The lowest BCUT2D eigenvalue weighted by atomic mass is 10.1. The second kappa shape index (κ2) is 10.7. The van der Waals surface area contributed by atoms with Gasteiger partial charge in [0.15, 0.2) is 0 Å². The molecule has 9 nitrogen and oxygen atoms in total. The van der Waals surface area contributed by atoms with Gasteiger partial charge in [-0.05, 0) is 26.3 Å². The van der Waals surface area contributed by atoms with Gasteiger partial charge in [-0.25, -0.2) is 10.6 Å². The molecule has 0 rings (SSSR count). The first-order valence-electron chi connectivity index (χ1n) is 6.61. The molecule has 0 aromatic rings. The van der Waals surface area contributed by atoms with Crippen molar-refractivity contribution in [1.82, 2.24) is 15.6 Å². The number of carboxylic acids is 1. The van der Waals surface area contributed by atoms with Gasteiger partial charge in [0, 0.05) is 19.8 Å². The fraction of sp³-hybridized carbons (Fsp3) is 0.667. The zero-order chi connectivity index (χ0) is 16.3. The SMILES string of the molecule is CN[C@@H](CCCCNC(=O)OC/C(N)=C/N(C)N)C(=O)O. The van der Waals surface area contributed by atoms with Crippen LogP contribution in [-0.4, -0.2) is 55.5 Å². The van der Waals surface area contributed by atoms with Crippen LogP contribution in [0.25, 0.3) is 0 Å². The van der Waals surface area contributed by atoms with Crippen LogP contribution in [0, 0.1) is 0 Å². The Bertz CT molecular complexity index is 360. The van der Waals surface area contributed by atoms with E-state index in [0.29, 0.717) is 31.5 Å². The molecule has 0 aliphatic heterocycles. The Balaban J connectivity index is 3.69. The molecule has 0 saturated heterocycles. The van der Waals surface area contributed by atoms with Gasteiger partial charge in [-0.3, -0.25) is 4.79 Å². The van der Waals surface area contributed by atoms with Crippen molar-refractivity contribution in [3.63, 3.8) is 0 Å². The lowest BCUT2D eigenvalue weighted by Gasteiger charge is -2.11. The van der Waals surface area contributed by atoms with Crippen LogP contribution in [0.15, 0.2) is 11.9 Å². The number of likely N-dealkylation sites (N-methyl/N-ethyl adjacent to an activating group) is 1. The highest BCUT2D eigenvalue weighted by Gasteiger charge is 2.13. The number of hydrogen-bond acceptors (Lipinski definition) is 7. The minimum atomic E-state index is -0.878. The van der Waals surface area contributed by atoms with Crippen LogP contribution >= 0.6 is 0 Å². The van der Waals surface area contributed by atoms with Crippen LogP contribution < -0.4 is 22.2 Å². The van der Waals surface area contributed by atoms with Crippen molar-refractivity contribution < 1.29 is 19.4 Å². The Morgan fingerprint density at radius 2 is 2.10 bits per heavy atom. The average molecular weight is 303 g/mol. The van der Waals surface area contributed by atoms with E-state index in [0.717, 1.165) is 0 Å². The first-order valence-corrected chi connectivity index (χ1v) is 6.61. The summed E-state index contributed by atoms with van der Waals surface area (Å²) < 4.78 is 4.86. The van der Waals surface area contributed by atoms with E-state index in [4.69, 9.17) is 21.4 Å². The predicted molar refractivity (Wildman–Crippen MR) is 77.9 cm³/mol. The van der Waals surface area contributed by atoms with Crippen molar-refractivity contribution in [3.05, 3.63) is 11.9 Å². The maximum Gasteiger partial charge on any atom is 0.407 e. The van der Waals surface area contributed by atoms with Crippen LogP contribution in [-0.2, 0) is 9.53 Å². The van der Waals surface area contributed by atoms with Gasteiger partial charge in [0.2, 0.25) is 0 Å². The Morgan fingerprint density at radius 3 is 2.62 bits per heavy atom. The van der Waals surface area contributed by atoms with Gasteiger partial charge >= 0.3 is 12.1 Å². The molecule has 21 heavy (non-hydrogen) atoms. The third-order valence-electron chi connectivity index (χ3n) is 2.57. The zero-order valence-corrected chi connectivity index (χ0v) is 12.5. The van der Waals surface area contributed by atoms with E-state index in [2.05, 4.69) is 10.6 Å². The molecule has 0 unspecified atom stereocenters. The summed E-state index contributed by atoms with van der Waals surface area (Å²) in [5.74, 6) is 4.47. The molecule has 0 fully saturated rings. The summed E-state index contributed by atoms with van der Waals surface area (Å²) in [7, 11) is 3.20. The van der Waals surface area contributed by atoms with E-state index in [9.17, 15) is 9.59 Å². The largest absolute Gasteiger partial charge is 0.480 e. The maximum atomic E-state index is 11.3. The van der Waals surface area contributed by atoms with Crippen LogP contribution in [0.5, 0.6) is 0 Å². The molecule has 0 saturated carbocycles. The Morgan fingerprint density at radius 1 is 1.43 bits per heavy atom. The van der Waals surface area contributed by atoms with Gasteiger partial charge in [0.05, 0.1) is 5.70 Å². The topological polar surface area (TPSA) is 143 Å². The van der Waals surface area contributed by atoms with Crippen molar-refractivity contribution >= 4 is 12.1 Å². The van der Waals surface area contributed by atoms with Crippen LogP contribution in [0.3, 0.4) is 0 Å². The standard InChI is InChI=1S/C12H25N5O4/c1-15-10(11(18)19)5-3-4-6-16-12(20)21-8-9(13)7-17(2)14/h7,10,15H,3-6,8,13-14H2,1-2H3,(H,16,20)(H,18,19)/b9-7-/t10-/m0/s1. The summed E-state index contributed by atoms with van der Waals surface area (Å²) in [4.78, 5) is 22.1. The number of carbonyl (C=O) groups is 2. The number of amides is 1. The number of rotatable bonds is 10. The second-order valence-corrected chi connectivity index (χ2v) is 4.55. The quantitative estimate of drug-likeness (QED) is 0.200. The normalized spacial score (nSPS) is 12.6. The van der Waals surface area contributed by atoms with E-state index < -0.39 is 18.1 Å². The molecule has 0 aromatic carbocycles. The van der Waals surface area contributed by atoms with Crippen LogP contribution in [0.4, 0.5) is 4.79 Å². The molecule has 0 aromatic heterocycles. The van der Waals surface area contributed by atoms with Crippen molar-refractivity contribution in [2.45, 2.75) is 25.3 Å². The number of ether oxygens (including phenoxy) is 1. The van der Waals surface area contributed by atoms with Crippen molar-refractivity contribution in [2.24, 2.45) is 11.6 Å². The molecule has 1 atom stereocenters. The minimum absolute atomic E-state index is 0.0474. The van der Waals surface area contributed by atoms with Gasteiger partial charge in [-0.1, -0.05) is 0 Å². The first kappa shape index (κ1) is 19.0. The summed E-state index contributed by atoms with van der Waals surface area (Å²) in [5.41, 5.74) is 5.88. The van der Waals surface area contributed by atoms with Crippen molar-refractivity contribution in [2.75, 3.05) is 27.2 Å². The molecule has 0 heterocycles. The molecule has 7 N–H and O–H groups in total. The fourth-order valence-corrected chi connectivity index (χ4v) is 1.55. The molecule has 0 aliphatic carbocycles. The molecule has 0 aliphatic rings. The molecule has 0 spiro atoms.